The smallest absolute Gasteiger partial charge is 0.222 e. The van der Waals surface area contributed by atoms with Crippen LogP contribution < -0.4 is 15.2 Å². The highest BCUT2D eigenvalue weighted by Crippen LogP contribution is 2.43. The molecule has 0 aliphatic carbocycles. The SMILES string of the molecule is CCc1c(-c2cc(N)on2)cc(Cl)c(OC)c1OC. The molecule has 0 radical (unpaired) electrons. The van der Waals surface area contributed by atoms with Gasteiger partial charge in [0.25, 0.3) is 0 Å². The molecule has 5 nitrogen and oxygen atoms in total. The molecule has 2 aromatic rings. The van der Waals surface area contributed by atoms with E-state index in [1.165, 1.54) is 0 Å². The van der Waals surface area contributed by atoms with Gasteiger partial charge in [-0.1, -0.05) is 23.7 Å². The van der Waals surface area contributed by atoms with Crippen LogP contribution in [-0.2, 0) is 6.42 Å². The molecule has 0 atom stereocenters. The van der Waals surface area contributed by atoms with Crippen molar-refractivity contribution in [2.45, 2.75) is 13.3 Å². The molecule has 0 fully saturated rings. The fraction of sp³-hybridized carbons (Fsp3) is 0.308. The Balaban J connectivity index is 2.71. The topological polar surface area (TPSA) is 70.5 Å². The standard InChI is InChI=1S/C13H15ClN2O3/c1-4-7-8(10-6-11(15)19-16-10)5-9(14)13(18-3)12(7)17-2/h5-6H,4,15H2,1-3H3. The fourth-order valence-corrected chi connectivity index (χ4v) is 2.32. The molecule has 0 unspecified atom stereocenters. The van der Waals surface area contributed by atoms with Gasteiger partial charge in [0.15, 0.2) is 11.5 Å². The summed E-state index contributed by atoms with van der Waals surface area (Å²) in [5.41, 5.74) is 7.94. The number of anilines is 1. The van der Waals surface area contributed by atoms with Crippen molar-refractivity contribution in [1.82, 2.24) is 5.16 Å². The average molecular weight is 283 g/mol. The van der Waals surface area contributed by atoms with Crippen LogP contribution in [-0.4, -0.2) is 19.4 Å². The van der Waals surface area contributed by atoms with Gasteiger partial charge in [-0.15, -0.1) is 0 Å². The lowest BCUT2D eigenvalue weighted by molar-refractivity contribution is 0.352. The second-order valence-electron chi connectivity index (χ2n) is 3.92. The van der Waals surface area contributed by atoms with Gasteiger partial charge in [-0.2, -0.15) is 0 Å². The first-order valence-electron chi connectivity index (χ1n) is 5.78. The quantitative estimate of drug-likeness (QED) is 0.933. The highest BCUT2D eigenvalue weighted by molar-refractivity contribution is 6.32. The van der Waals surface area contributed by atoms with Gasteiger partial charge in [0.2, 0.25) is 5.88 Å². The number of nitrogens with two attached hydrogens (primary N) is 1. The first-order valence-corrected chi connectivity index (χ1v) is 6.16. The predicted molar refractivity (Wildman–Crippen MR) is 73.8 cm³/mol. The lowest BCUT2D eigenvalue weighted by atomic mass is 10.0. The summed E-state index contributed by atoms with van der Waals surface area (Å²) in [5.74, 6) is 1.37. The second-order valence-corrected chi connectivity index (χ2v) is 4.33. The maximum absolute atomic E-state index is 6.20. The van der Waals surface area contributed by atoms with E-state index >= 15 is 0 Å². The van der Waals surface area contributed by atoms with Gasteiger partial charge in [0.05, 0.1) is 19.2 Å². The van der Waals surface area contributed by atoms with Gasteiger partial charge in [-0.3, -0.25) is 0 Å². The maximum atomic E-state index is 6.20. The number of ether oxygens (including phenoxy) is 2. The van der Waals surface area contributed by atoms with Crippen LogP contribution in [0.25, 0.3) is 11.3 Å². The Morgan fingerprint density at radius 1 is 1.26 bits per heavy atom. The Morgan fingerprint density at radius 3 is 2.42 bits per heavy atom. The Hall–Kier alpha value is -1.88. The van der Waals surface area contributed by atoms with Crippen molar-refractivity contribution in [3.63, 3.8) is 0 Å². The summed E-state index contributed by atoms with van der Waals surface area (Å²) in [4.78, 5) is 0. The van der Waals surface area contributed by atoms with E-state index in [-0.39, 0.29) is 5.88 Å². The lowest BCUT2D eigenvalue weighted by Gasteiger charge is -2.16. The minimum atomic E-state index is 0.253. The highest BCUT2D eigenvalue weighted by Gasteiger charge is 2.20. The average Bonchev–Trinajstić information content (AvgIpc) is 2.83. The summed E-state index contributed by atoms with van der Waals surface area (Å²) in [6.45, 7) is 2.01. The van der Waals surface area contributed by atoms with Gasteiger partial charge in [-0.05, 0) is 12.5 Å². The zero-order chi connectivity index (χ0) is 14.0. The third-order valence-electron chi connectivity index (χ3n) is 2.86. The number of rotatable bonds is 4. The molecule has 0 amide bonds. The van der Waals surface area contributed by atoms with E-state index in [4.69, 9.17) is 31.3 Å². The Bertz CT molecular complexity index is 596. The first-order chi connectivity index (χ1) is 9.12. The third kappa shape index (κ3) is 2.33. The molecule has 0 bridgehead atoms. The van der Waals surface area contributed by atoms with Gasteiger partial charge in [-0.25, -0.2) is 0 Å². The molecule has 0 aliphatic rings. The molecule has 2 N–H and O–H groups in total. The van der Waals surface area contributed by atoms with Crippen molar-refractivity contribution < 1.29 is 14.0 Å². The minimum Gasteiger partial charge on any atom is -0.492 e. The normalized spacial score (nSPS) is 10.5. The number of nitrogen functional groups attached to an aromatic ring is 1. The van der Waals surface area contributed by atoms with Crippen molar-refractivity contribution in [2.75, 3.05) is 20.0 Å². The van der Waals surface area contributed by atoms with E-state index in [9.17, 15) is 0 Å². The number of hydrogen-bond donors (Lipinski definition) is 1. The van der Waals surface area contributed by atoms with Crippen molar-refractivity contribution in [2.24, 2.45) is 0 Å². The summed E-state index contributed by atoms with van der Waals surface area (Å²) in [6.07, 6.45) is 0.735. The van der Waals surface area contributed by atoms with Crippen LogP contribution in [0.1, 0.15) is 12.5 Å². The number of hydrogen-bond acceptors (Lipinski definition) is 5. The van der Waals surface area contributed by atoms with Crippen molar-refractivity contribution in [1.29, 1.82) is 0 Å². The summed E-state index contributed by atoms with van der Waals surface area (Å²) in [6, 6.07) is 3.43. The largest absolute Gasteiger partial charge is 0.492 e. The lowest BCUT2D eigenvalue weighted by Crippen LogP contribution is -1.99. The molecule has 6 heteroatoms. The van der Waals surface area contributed by atoms with Gasteiger partial charge >= 0.3 is 0 Å². The van der Waals surface area contributed by atoms with Crippen LogP contribution in [0.5, 0.6) is 11.5 Å². The molecule has 102 valence electrons. The van der Waals surface area contributed by atoms with E-state index in [0.717, 1.165) is 17.5 Å². The van der Waals surface area contributed by atoms with Crippen molar-refractivity contribution in [3.05, 3.63) is 22.7 Å². The first kappa shape index (κ1) is 13.5. The van der Waals surface area contributed by atoms with Crippen LogP contribution in [0.3, 0.4) is 0 Å². The number of aromatic nitrogens is 1. The molecule has 0 saturated heterocycles. The van der Waals surface area contributed by atoms with Crippen LogP contribution in [0, 0.1) is 0 Å². The van der Waals surface area contributed by atoms with Crippen molar-refractivity contribution >= 4 is 17.5 Å². The highest BCUT2D eigenvalue weighted by atomic mass is 35.5. The Kier molecular flexibility index (Phi) is 3.85. The van der Waals surface area contributed by atoms with Gasteiger partial charge in [0.1, 0.15) is 5.69 Å². The Labute approximate surface area is 116 Å². The van der Waals surface area contributed by atoms with Crippen molar-refractivity contribution in [3.8, 4) is 22.8 Å². The predicted octanol–water partition coefficient (Wildman–Crippen LogP) is 3.16. The van der Waals surface area contributed by atoms with Gasteiger partial charge in [0, 0.05) is 17.2 Å². The van der Waals surface area contributed by atoms with Crippen LogP contribution in [0.4, 0.5) is 5.88 Å². The number of methoxy groups -OCH3 is 2. The van der Waals surface area contributed by atoms with E-state index in [1.54, 1.807) is 26.4 Å². The molecule has 1 heterocycles. The molecule has 19 heavy (non-hydrogen) atoms. The molecule has 2 rings (SSSR count). The van der Waals surface area contributed by atoms with E-state index in [2.05, 4.69) is 5.16 Å². The monoisotopic (exact) mass is 282 g/mol. The van der Waals surface area contributed by atoms with Crippen LogP contribution in [0.15, 0.2) is 16.7 Å². The summed E-state index contributed by atoms with van der Waals surface area (Å²) >= 11 is 6.20. The van der Waals surface area contributed by atoms with E-state index in [1.807, 2.05) is 6.92 Å². The molecule has 0 saturated carbocycles. The van der Waals surface area contributed by atoms with Gasteiger partial charge < -0.3 is 19.7 Å². The van der Waals surface area contributed by atoms with E-state index < -0.39 is 0 Å². The minimum absolute atomic E-state index is 0.253. The molecular formula is C13H15ClN2O3. The molecular weight excluding hydrogens is 268 g/mol. The summed E-state index contributed by atoms with van der Waals surface area (Å²) in [7, 11) is 3.13. The fourth-order valence-electron chi connectivity index (χ4n) is 2.05. The number of nitrogens with zero attached hydrogens (tertiary/aromatic N) is 1. The maximum Gasteiger partial charge on any atom is 0.222 e. The Morgan fingerprint density at radius 2 is 1.95 bits per heavy atom. The van der Waals surface area contributed by atoms with Crippen LogP contribution in [0.2, 0.25) is 5.02 Å². The summed E-state index contributed by atoms with van der Waals surface area (Å²) < 4.78 is 15.6. The number of benzene rings is 1. The summed E-state index contributed by atoms with van der Waals surface area (Å²) in [5, 5.41) is 4.36. The molecule has 1 aromatic heterocycles. The second kappa shape index (κ2) is 5.40. The number of halogens is 1. The molecule has 1 aromatic carbocycles. The van der Waals surface area contributed by atoms with E-state index in [0.29, 0.717) is 22.2 Å². The zero-order valence-corrected chi connectivity index (χ0v) is 11.7. The molecule has 0 aliphatic heterocycles. The molecule has 0 spiro atoms. The van der Waals surface area contributed by atoms with Crippen LogP contribution >= 0.6 is 11.6 Å². The zero-order valence-electron chi connectivity index (χ0n) is 11.0. The third-order valence-corrected chi connectivity index (χ3v) is 3.14.